The monoisotopic (exact) mass is 538 g/mol. The van der Waals surface area contributed by atoms with Crippen molar-refractivity contribution in [2.75, 3.05) is 48.4 Å². The highest BCUT2D eigenvalue weighted by molar-refractivity contribution is 6.04. The number of hydrogen-bond donors (Lipinski definition) is 1. The Morgan fingerprint density at radius 3 is 2.51 bits per heavy atom. The molecule has 2 aromatic carbocycles. The van der Waals surface area contributed by atoms with Crippen LogP contribution in [0.2, 0.25) is 0 Å². The van der Waals surface area contributed by atoms with Gasteiger partial charge in [0.2, 0.25) is 0 Å². The van der Waals surface area contributed by atoms with Gasteiger partial charge >= 0.3 is 6.18 Å². The van der Waals surface area contributed by atoms with Gasteiger partial charge in [0.1, 0.15) is 0 Å². The lowest BCUT2D eigenvalue weighted by Crippen LogP contribution is -2.39. The van der Waals surface area contributed by atoms with Gasteiger partial charge in [0.15, 0.2) is 0 Å². The largest absolute Gasteiger partial charge is 0.416 e. The van der Waals surface area contributed by atoms with E-state index in [1.165, 1.54) is 12.1 Å². The molecule has 0 saturated carbocycles. The zero-order valence-electron chi connectivity index (χ0n) is 22.2. The van der Waals surface area contributed by atoms with E-state index in [2.05, 4.69) is 26.2 Å². The minimum atomic E-state index is -4.47. The van der Waals surface area contributed by atoms with E-state index in [0.29, 0.717) is 5.56 Å². The van der Waals surface area contributed by atoms with Crippen LogP contribution in [-0.4, -0.2) is 50.3 Å². The van der Waals surface area contributed by atoms with Crippen LogP contribution in [-0.2, 0) is 10.9 Å². The molecule has 2 aliphatic rings. The lowest BCUT2D eigenvalue weighted by Gasteiger charge is -2.34. The van der Waals surface area contributed by atoms with Gasteiger partial charge in [-0.1, -0.05) is 12.1 Å². The summed E-state index contributed by atoms with van der Waals surface area (Å²) < 4.78 is 44.8. The summed E-state index contributed by atoms with van der Waals surface area (Å²) in [6, 6.07) is 12.4. The SMILES string of the molecule is CO[C@@H]1CCCN(c2cncc(N3CCC(c4cc(C(=O)Nc5cccc(C(F)(F)F)c5)ccc4C)C3)c2)C1. The first kappa shape index (κ1) is 27.0. The van der Waals surface area contributed by atoms with Gasteiger partial charge in [-0.2, -0.15) is 13.2 Å². The Balaban J connectivity index is 1.28. The molecule has 1 unspecified atom stereocenters. The number of pyridine rings is 1. The summed E-state index contributed by atoms with van der Waals surface area (Å²) in [6.45, 7) is 5.54. The van der Waals surface area contributed by atoms with E-state index in [0.717, 1.165) is 80.1 Å². The van der Waals surface area contributed by atoms with E-state index < -0.39 is 17.6 Å². The van der Waals surface area contributed by atoms with Crippen LogP contribution in [0.1, 0.15) is 52.2 Å². The first-order valence-corrected chi connectivity index (χ1v) is 13.3. The standard InChI is InChI=1S/C30H33F3N4O2/c1-20-8-9-21(29(38)35-24-6-3-5-23(14-24)30(31,32)33)13-28(20)22-10-12-37(18-22)26-15-25(16-34-17-26)36-11-4-7-27(19-36)39-2/h3,5-6,8-9,13-17,22,27H,4,7,10-12,18-19H2,1-2H3,(H,35,38)/t22?,27-/m1/s1. The first-order chi connectivity index (χ1) is 18.7. The summed E-state index contributed by atoms with van der Waals surface area (Å²) in [4.78, 5) is 22.1. The lowest BCUT2D eigenvalue weighted by molar-refractivity contribution is -0.137. The van der Waals surface area contributed by atoms with Crippen molar-refractivity contribution < 1.29 is 22.7 Å². The smallest absolute Gasteiger partial charge is 0.380 e. The number of methoxy groups -OCH3 is 1. The van der Waals surface area contributed by atoms with Gasteiger partial charge in [-0.05, 0) is 73.7 Å². The maximum atomic E-state index is 13.1. The van der Waals surface area contributed by atoms with E-state index in [4.69, 9.17) is 4.74 Å². The fourth-order valence-electron chi connectivity index (χ4n) is 5.57. The zero-order valence-corrected chi connectivity index (χ0v) is 22.2. The van der Waals surface area contributed by atoms with Gasteiger partial charge in [0, 0.05) is 50.5 Å². The number of nitrogens with zero attached hydrogens (tertiary/aromatic N) is 3. The van der Waals surface area contributed by atoms with Crippen LogP contribution < -0.4 is 15.1 Å². The number of ether oxygens (including phenoxy) is 1. The number of rotatable bonds is 6. The van der Waals surface area contributed by atoms with Gasteiger partial charge in [-0.3, -0.25) is 9.78 Å². The maximum absolute atomic E-state index is 13.1. The van der Waals surface area contributed by atoms with E-state index in [-0.39, 0.29) is 17.7 Å². The molecular weight excluding hydrogens is 505 g/mol. The molecule has 6 nitrogen and oxygen atoms in total. The zero-order chi connectivity index (χ0) is 27.6. The summed E-state index contributed by atoms with van der Waals surface area (Å²) in [6.07, 6.45) is 2.66. The molecule has 3 heterocycles. The summed E-state index contributed by atoms with van der Waals surface area (Å²) >= 11 is 0. The Kier molecular flexibility index (Phi) is 7.79. The Bertz CT molecular complexity index is 1330. The van der Waals surface area contributed by atoms with E-state index in [9.17, 15) is 18.0 Å². The second-order valence-corrected chi connectivity index (χ2v) is 10.4. The number of alkyl halides is 3. The number of anilines is 3. The number of carbonyl (C=O) groups excluding carboxylic acids is 1. The molecule has 1 N–H and O–H groups in total. The second-order valence-electron chi connectivity index (χ2n) is 10.4. The summed E-state index contributed by atoms with van der Waals surface area (Å²) in [5, 5.41) is 2.62. The Hall–Kier alpha value is -3.59. The third-order valence-corrected chi connectivity index (χ3v) is 7.77. The van der Waals surface area contributed by atoms with E-state index in [1.807, 2.05) is 31.5 Å². The second kappa shape index (κ2) is 11.3. The number of benzene rings is 2. The number of aromatic nitrogens is 1. The van der Waals surface area contributed by atoms with Gasteiger partial charge < -0.3 is 19.9 Å². The average molecular weight is 539 g/mol. The van der Waals surface area contributed by atoms with Crippen molar-refractivity contribution in [3.8, 4) is 0 Å². The first-order valence-electron chi connectivity index (χ1n) is 13.3. The van der Waals surface area contributed by atoms with Gasteiger partial charge in [-0.25, -0.2) is 0 Å². The van der Waals surface area contributed by atoms with Crippen LogP contribution in [0.4, 0.5) is 30.2 Å². The fourth-order valence-corrected chi connectivity index (χ4v) is 5.57. The normalized spacial score (nSPS) is 19.8. The quantitative estimate of drug-likeness (QED) is 0.401. The number of carbonyl (C=O) groups is 1. The summed E-state index contributed by atoms with van der Waals surface area (Å²) in [7, 11) is 1.76. The van der Waals surface area contributed by atoms with Crippen LogP contribution in [0.3, 0.4) is 0 Å². The average Bonchev–Trinajstić information content (AvgIpc) is 3.43. The van der Waals surface area contributed by atoms with Crippen LogP contribution in [0, 0.1) is 6.92 Å². The molecule has 2 fully saturated rings. The third-order valence-electron chi connectivity index (χ3n) is 7.77. The molecule has 0 radical (unpaired) electrons. The molecule has 5 rings (SSSR count). The minimum absolute atomic E-state index is 0.113. The Labute approximate surface area is 226 Å². The molecule has 1 amide bonds. The molecule has 2 saturated heterocycles. The van der Waals surface area contributed by atoms with Crippen molar-refractivity contribution in [1.82, 2.24) is 4.98 Å². The number of amides is 1. The van der Waals surface area contributed by atoms with Crippen molar-refractivity contribution >= 4 is 23.0 Å². The lowest BCUT2D eigenvalue weighted by atomic mass is 9.92. The molecule has 39 heavy (non-hydrogen) atoms. The molecule has 206 valence electrons. The highest BCUT2D eigenvalue weighted by Gasteiger charge is 2.31. The van der Waals surface area contributed by atoms with Crippen molar-refractivity contribution in [2.45, 2.75) is 44.4 Å². The van der Waals surface area contributed by atoms with Crippen molar-refractivity contribution in [2.24, 2.45) is 0 Å². The Morgan fingerprint density at radius 2 is 1.77 bits per heavy atom. The van der Waals surface area contributed by atoms with Crippen LogP contribution in [0.25, 0.3) is 0 Å². The molecule has 0 spiro atoms. The van der Waals surface area contributed by atoms with E-state index >= 15 is 0 Å². The van der Waals surface area contributed by atoms with Gasteiger partial charge in [0.25, 0.3) is 5.91 Å². The van der Waals surface area contributed by atoms with Crippen molar-refractivity contribution in [1.29, 1.82) is 0 Å². The van der Waals surface area contributed by atoms with Crippen LogP contribution in [0.15, 0.2) is 60.9 Å². The minimum Gasteiger partial charge on any atom is -0.380 e. The predicted molar refractivity (Wildman–Crippen MR) is 147 cm³/mol. The highest BCUT2D eigenvalue weighted by atomic mass is 19.4. The van der Waals surface area contributed by atoms with Crippen molar-refractivity contribution in [3.63, 3.8) is 0 Å². The Morgan fingerprint density at radius 1 is 1.00 bits per heavy atom. The number of piperidine rings is 1. The summed E-state index contributed by atoms with van der Waals surface area (Å²) in [5.41, 5.74) is 4.08. The molecule has 2 aliphatic heterocycles. The topological polar surface area (TPSA) is 57.7 Å². The molecule has 0 bridgehead atoms. The number of hydrogen-bond acceptors (Lipinski definition) is 5. The number of nitrogens with one attached hydrogen (secondary N) is 1. The third kappa shape index (κ3) is 6.19. The van der Waals surface area contributed by atoms with E-state index in [1.54, 1.807) is 13.2 Å². The fraction of sp³-hybridized carbons (Fsp3) is 0.400. The van der Waals surface area contributed by atoms with Crippen LogP contribution >= 0.6 is 0 Å². The van der Waals surface area contributed by atoms with Gasteiger partial charge in [0.05, 0.1) is 35.4 Å². The molecular formula is C30H33F3N4O2. The molecule has 0 aliphatic carbocycles. The maximum Gasteiger partial charge on any atom is 0.416 e. The van der Waals surface area contributed by atoms with Crippen molar-refractivity contribution in [3.05, 3.63) is 83.2 Å². The van der Waals surface area contributed by atoms with Gasteiger partial charge in [-0.15, -0.1) is 0 Å². The summed E-state index contributed by atoms with van der Waals surface area (Å²) in [5.74, 6) is -0.207. The number of halogens is 3. The molecule has 9 heteroatoms. The molecule has 2 atom stereocenters. The molecule has 3 aromatic rings. The molecule has 1 aromatic heterocycles. The highest BCUT2D eigenvalue weighted by Crippen LogP contribution is 2.35. The number of aryl methyl sites for hydroxylation is 1. The predicted octanol–water partition coefficient (Wildman–Crippen LogP) is 6.27. The van der Waals surface area contributed by atoms with Crippen LogP contribution in [0.5, 0.6) is 0 Å².